The van der Waals surface area contributed by atoms with Crippen LogP contribution in [-0.2, 0) is 0 Å². The van der Waals surface area contributed by atoms with Crippen molar-refractivity contribution in [2.24, 2.45) is 11.7 Å². The number of nitrogens with two attached hydrogens (primary N) is 1. The van der Waals surface area contributed by atoms with Gasteiger partial charge >= 0.3 is 0 Å². The largest absolute Gasteiger partial charge is 0.337 e. The summed E-state index contributed by atoms with van der Waals surface area (Å²) in [7, 11) is 0. The molecule has 5 heteroatoms. The first-order valence-corrected chi connectivity index (χ1v) is 7.32. The van der Waals surface area contributed by atoms with Crippen LogP contribution in [0.2, 0.25) is 0 Å². The number of carbonyl (C=O) groups excluding carboxylic acids is 1. The molecule has 2 N–H and O–H groups in total. The standard InChI is InChI=1S/C11H15IN2OS/c1-7-2-3-14(5-9(7)13)11(15)8-4-10(12)16-6-8/h4,6-7,9H,2-3,5,13H2,1H3. The van der Waals surface area contributed by atoms with Crippen LogP contribution in [0, 0.1) is 8.80 Å². The predicted octanol–water partition coefficient (Wildman–Crippen LogP) is 2.16. The van der Waals surface area contributed by atoms with Crippen molar-refractivity contribution >= 4 is 39.8 Å². The Kier molecular flexibility index (Phi) is 3.86. The molecule has 16 heavy (non-hydrogen) atoms. The van der Waals surface area contributed by atoms with Crippen molar-refractivity contribution < 1.29 is 4.79 Å². The first-order chi connectivity index (χ1) is 7.58. The fraction of sp³-hybridized carbons (Fsp3) is 0.545. The smallest absolute Gasteiger partial charge is 0.254 e. The third-order valence-corrected chi connectivity index (χ3v) is 4.91. The van der Waals surface area contributed by atoms with Gasteiger partial charge in [0.25, 0.3) is 5.91 Å². The first kappa shape index (κ1) is 12.3. The van der Waals surface area contributed by atoms with Crippen molar-refractivity contribution in [2.75, 3.05) is 13.1 Å². The number of nitrogens with zero attached hydrogens (tertiary/aromatic N) is 1. The first-order valence-electron chi connectivity index (χ1n) is 5.37. The van der Waals surface area contributed by atoms with Gasteiger partial charge in [-0.15, -0.1) is 11.3 Å². The van der Waals surface area contributed by atoms with Gasteiger partial charge in [-0.2, -0.15) is 0 Å². The molecule has 1 aromatic heterocycles. The minimum atomic E-state index is 0.121. The molecule has 0 saturated carbocycles. The van der Waals surface area contributed by atoms with Crippen molar-refractivity contribution in [3.63, 3.8) is 0 Å². The summed E-state index contributed by atoms with van der Waals surface area (Å²) in [6, 6.07) is 2.06. The van der Waals surface area contributed by atoms with E-state index in [0.717, 1.165) is 21.4 Å². The van der Waals surface area contributed by atoms with Gasteiger partial charge in [0.05, 0.1) is 8.45 Å². The van der Waals surface area contributed by atoms with E-state index in [1.807, 2.05) is 16.3 Å². The monoisotopic (exact) mass is 350 g/mol. The highest BCUT2D eigenvalue weighted by Crippen LogP contribution is 2.21. The van der Waals surface area contributed by atoms with E-state index < -0.39 is 0 Å². The lowest BCUT2D eigenvalue weighted by Crippen LogP contribution is -2.49. The third-order valence-electron chi connectivity index (χ3n) is 3.12. The van der Waals surface area contributed by atoms with Gasteiger partial charge in [-0.25, -0.2) is 0 Å². The average Bonchev–Trinajstić information content (AvgIpc) is 2.68. The van der Waals surface area contributed by atoms with Gasteiger partial charge in [0.1, 0.15) is 0 Å². The molecule has 1 saturated heterocycles. The maximum absolute atomic E-state index is 12.1. The van der Waals surface area contributed by atoms with Crippen LogP contribution in [0.15, 0.2) is 11.4 Å². The zero-order valence-corrected chi connectivity index (χ0v) is 12.1. The quantitative estimate of drug-likeness (QED) is 0.789. The Hall–Kier alpha value is -0.140. The van der Waals surface area contributed by atoms with Crippen molar-refractivity contribution in [3.05, 3.63) is 19.9 Å². The van der Waals surface area contributed by atoms with Gasteiger partial charge in [-0.3, -0.25) is 4.79 Å². The maximum atomic E-state index is 12.1. The predicted molar refractivity (Wildman–Crippen MR) is 74.7 cm³/mol. The van der Waals surface area contributed by atoms with E-state index in [4.69, 9.17) is 5.73 Å². The van der Waals surface area contributed by atoms with Crippen molar-refractivity contribution in [2.45, 2.75) is 19.4 Å². The fourth-order valence-corrected chi connectivity index (χ4v) is 3.21. The number of piperidine rings is 1. The molecule has 0 aromatic carbocycles. The van der Waals surface area contributed by atoms with Crippen LogP contribution in [0.25, 0.3) is 0 Å². The summed E-state index contributed by atoms with van der Waals surface area (Å²) in [6.07, 6.45) is 1.01. The molecule has 1 aromatic rings. The molecule has 2 unspecified atom stereocenters. The second-order valence-corrected chi connectivity index (χ2v) is 7.13. The minimum absolute atomic E-state index is 0.121. The Morgan fingerprint density at radius 3 is 3.00 bits per heavy atom. The Balaban J connectivity index is 2.06. The van der Waals surface area contributed by atoms with Crippen LogP contribution in [0.3, 0.4) is 0 Å². The van der Waals surface area contributed by atoms with Crippen LogP contribution >= 0.6 is 33.9 Å². The van der Waals surface area contributed by atoms with Crippen molar-refractivity contribution in [1.29, 1.82) is 0 Å². The van der Waals surface area contributed by atoms with Crippen LogP contribution in [-0.4, -0.2) is 29.9 Å². The van der Waals surface area contributed by atoms with Gasteiger partial charge in [-0.05, 0) is 41.0 Å². The molecule has 0 spiro atoms. The Labute approximate surface area is 113 Å². The molecule has 1 aliphatic rings. The minimum Gasteiger partial charge on any atom is -0.337 e. The van der Waals surface area contributed by atoms with Crippen LogP contribution in [0.4, 0.5) is 0 Å². The highest BCUT2D eigenvalue weighted by molar-refractivity contribution is 14.1. The maximum Gasteiger partial charge on any atom is 0.254 e. The number of rotatable bonds is 1. The number of halogens is 1. The summed E-state index contributed by atoms with van der Waals surface area (Å²) in [4.78, 5) is 14.0. The van der Waals surface area contributed by atoms with Crippen LogP contribution < -0.4 is 5.73 Å². The summed E-state index contributed by atoms with van der Waals surface area (Å²) in [5.74, 6) is 0.646. The Bertz CT molecular complexity index is 393. The Morgan fingerprint density at radius 1 is 1.69 bits per heavy atom. The molecule has 88 valence electrons. The van der Waals surface area contributed by atoms with Crippen LogP contribution in [0.5, 0.6) is 0 Å². The summed E-state index contributed by atoms with van der Waals surface area (Å²) in [5.41, 5.74) is 6.80. The number of carbonyl (C=O) groups is 1. The number of amides is 1. The lowest BCUT2D eigenvalue weighted by atomic mass is 9.94. The van der Waals surface area contributed by atoms with E-state index in [2.05, 4.69) is 29.5 Å². The second kappa shape index (κ2) is 5.01. The number of thiophene rings is 1. The van der Waals surface area contributed by atoms with Crippen LogP contribution in [0.1, 0.15) is 23.7 Å². The molecule has 2 rings (SSSR count). The normalized spacial score (nSPS) is 25.8. The second-order valence-electron chi connectivity index (χ2n) is 4.32. The third kappa shape index (κ3) is 2.57. The van der Waals surface area contributed by atoms with E-state index in [9.17, 15) is 4.79 Å². The molecular weight excluding hydrogens is 335 g/mol. The molecule has 2 atom stereocenters. The topological polar surface area (TPSA) is 46.3 Å². The van der Waals surface area contributed by atoms with Crippen molar-refractivity contribution in [3.8, 4) is 0 Å². The van der Waals surface area contributed by atoms with Crippen molar-refractivity contribution in [1.82, 2.24) is 4.90 Å². The summed E-state index contributed by atoms with van der Waals surface area (Å²) in [5, 5.41) is 1.92. The summed E-state index contributed by atoms with van der Waals surface area (Å²) in [6.45, 7) is 3.67. The zero-order chi connectivity index (χ0) is 11.7. The highest BCUT2D eigenvalue weighted by Gasteiger charge is 2.27. The van der Waals surface area contributed by atoms with E-state index in [1.165, 1.54) is 0 Å². The lowest BCUT2D eigenvalue weighted by Gasteiger charge is -2.34. The molecule has 1 amide bonds. The molecule has 0 radical (unpaired) electrons. The molecule has 0 bridgehead atoms. The molecule has 2 heterocycles. The van der Waals surface area contributed by atoms with E-state index in [1.54, 1.807) is 11.3 Å². The lowest BCUT2D eigenvalue weighted by molar-refractivity contribution is 0.0673. The summed E-state index contributed by atoms with van der Waals surface area (Å²) < 4.78 is 1.15. The van der Waals surface area contributed by atoms with Gasteiger partial charge in [0.2, 0.25) is 0 Å². The molecule has 0 aliphatic carbocycles. The van der Waals surface area contributed by atoms with E-state index >= 15 is 0 Å². The molecular formula is C11H15IN2OS. The molecule has 1 aliphatic heterocycles. The SMILES string of the molecule is CC1CCN(C(=O)c2csc(I)c2)CC1N. The number of hydrogen-bond donors (Lipinski definition) is 1. The average molecular weight is 350 g/mol. The molecule has 3 nitrogen and oxygen atoms in total. The zero-order valence-electron chi connectivity index (χ0n) is 9.15. The van der Waals surface area contributed by atoms with Gasteiger partial charge in [-0.1, -0.05) is 6.92 Å². The number of likely N-dealkylation sites (tertiary alicyclic amines) is 1. The van der Waals surface area contributed by atoms with Gasteiger partial charge in [0, 0.05) is 24.5 Å². The fourth-order valence-electron chi connectivity index (χ4n) is 1.89. The summed E-state index contributed by atoms with van der Waals surface area (Å²) >= 11 is 3.84. The van der Waals surface area contributed by atoms with E-state index in [0.29, 0.717) is 12.5 Å². The van der Waals surface area contributed by atoms with Gasteiger partial charge < -0.3 is 10.6 Å². The molecule has 1 fully saturated rings. The Morgan fingerprint density at radius 2 is 2.44 bits per heavy atom. The highest BCUT2D eigenvalue weighted by atomic mass is 127. The number of hydrogen-bond acceptors (Lipinski definition) is 3. The van der Waals surface area contributed by atoms with E-state index in [-0.39, 0.29) is 11.9 Å². The van der Waals surface area contributed by atoms with Gasteiger partial charge in [0.15, 0.2) is 0 Å².